The van der Waals surface area contributed by atoms with Crippen molar-refractivity contribution in [1.29, 1.82) is 5.26 Å². The Morgan fingerprint density at radius 2 is 2.07 bits per heavy atom. The average Bonchev–Trinajstić information content (AvgIpc) is 3.04. The molecule has 1 atom stereocenters. The van der Waals surface area contributed by atoms with Crippen LogP contribution in [-0.2, 0) is 11.5 Å². The van der Waals surface area contributed by atoms with Gasteiger partial charge in [0, 0.05) is 43.9 Å². The van der Waals surface area contributed by atoms with E-state index >= 15 is 0 Å². The first-order valence-electron chi connectivity index (χ1n) is 10.7. The number of anilines is 1. The van der Waals surface area contributed by atoms with Crippen molar-refractivity contribution in [3.05, 3.63) is 22.8 Å². The molecule has 1 unspecified atom stereocenters. The summed E-state index contributed by atoms with van der Waals surface area (Å²) < 4.78 is 12.9. The molecule has 0 N–H and O–H groups in total. The summed E-state index contributed by atoms with van der Waals surface area (Å²) in [6.07, 6.45) is 8.98. The lowest BCUT2D eigenvalue weighted by atomic mass is 9.78. The molecule has 3 heterocycles. The first-order valence-corrected chi connectivity index (χ1v) is 11.1. The van der Waals surface area contributed by atoms with E-state index in [4.69, 9.17) is 16.9 Å². The molecule has 29 heavy (non-hydrogen) atoms. The molecule has 0 radical (unpaired) electrons. The lowest BCUT2D eigenvalue weighted by molar-refractivity contribution is -0.139. The smallest absolute Gasteiger partial charge is 0.230 e. The molecule has 1 spiro atoms. The Labute approximate surface area is 176 Å². The molecule has 4 rings (SSSR count). The van der Waals surface area contributed by atoms with Crippen LogP contribution in [0.5, 0.6) is 0 Å². The standard InChI is InChI=1S/C22H28ClFN4O/c23-19-12-17(13-24)14-26-20(19)27-10-1-7-22(15-27)8-11-28(21(22)29)18-4-2-16(3-5-18)6-9-25/h12,14,16,18H,1-8,10-11,13,15H2. The van der Waals surface area contributed by atoms with Crippen LogP contribution in [0.3, 0.4) is 0 Å². The first-order chi connectivity index (χ1) is 14.1. The van der Waals surface area contributed by atoms with Gasteiger partial charge >= 0.3 is 0 Å². The third-order valence-corrected chi connectivity index (χ3v) is 7.37. The number of amides is 1. The SMILES string of the molecule is N#CCC1CCC(N2CCC3(CCCN(c4ncc(CF)cc4Cl)C3)C2=O)CC1. The number of nitrogens with zero attached hydrogens (tertiary/aromatic N) is 4. The summed E-state index contributed by atoms with van der Waals surface area (Å²) in [4.78, 5) is 22.1. The van der Waals surface area contributed by atoms with E-state index in [1.165, 1.54) is 6.20 Å². The lowest BCUT2D eigenvalue weighted by Crippen LogP contribution is -2.50. The van der Waals surface area contributed by atoms with Gasteiger partial charge in [-0.15, -0.1) is 0 Å². The molecule has 1 saturated carbocycles. The maximum atomic E-state index is 13.5. The van der Waals surface area contributed by atoms with Crippen LogP contribution in [0.2, 0.25) is 5.02 Å². The third-order valence-electron chi connectivity index (χ3n) is 7.09. The van der Waals surface area contributed by atoms with E-state index in [2.05, 4.69) is 20.9 Å². The van der Waals surface area contributed by atoms with E-state index in [9.17, 15) is 9.18 Å². The second-order valence-electron chi connectivity index (χ2n) is 8.87. The molecule has 0 bridgehead atoms. The number of carbonyl (C=O) groups is 1. The molecular formula is C22H28ClFN4O. The predicted octanol–water partition coefficient (Wildman–Crippen LogP) is 4.50. The summed E-state index contributed by atoms with van der Waals surface area (Å²) in [6.45, 7) is 1.69. The van der Waals surface area contributed by atoms with Gasteiger partial charge in [-0.05, 0) is 56.9 Å². The van der Waals surface area contributed by atoms with Gasteiger partial charge in [0.2, 0.25) is 5.91 Å². The van der Waals surface area contributed by atoms with Crippen LogP contribution in [-0.4, -0.2) is 41.5 Å². The van der Waals surface area contributed by atoms with Crippen molar-refractivity contribution in [1.82, 2.24) is 9.88 Å². The van der Waals surface area contributed by atoms with Crippen LogP contribution >= 0.6 is 11.6 Å². The van der Waals surface area contributed by atoms with E-state index in [0.29, 0.717) is 41.3 Å². The van der Waals surface area contributed by atoms with Crippen molar-refractivity contribution in [2.75, 3.05) is 24.5 Å². The number of halogens is 2. The maximum absolute atomic E-state index is 13.5. The van der Waals surface area contributed by atoms with Gasteiger partial charge < -0.3 is 9.80 Å². The molecule has 1 amide bonds. The third kappa shape index (κ3) is 3.94. The largest absolute Gasteiger partial charge is 0.354 e. The predicted molar refractivity (Wildman–Crippen MR) is 110 cm³/mol. The van der Waals surface area contributed by atoms with Gasteiger partial charge in [-0.25, -0.2) is 9.37 Å². The zero-order chi connectivity index (χ0) is 20.4. The fourth-order valence-electron chi connectivity index (χ4n) is 5.45. The number of alkyl halides is 1. The molecule has 2 saturated heterocycles. The minimum atomic E-state index is -0.582. The fourth-order valence-corrected chi connectivity index (χ4v) is 5.76. The van der Waals surface area contributed by atoms with Crippen molar-refractivity contribution in [2.45, 2.75) is 64.1 Å². The first kappa shape index (κ1) is 20.4. The van der Waals surface area contributed by atoms with Gasteiger partial charge in [-0.2, -0.15) is 5.26 Å². The summed E-state index contributed by atoms with van der Waals surface area (Å²) in [5.74, 6) is 1.43. The zero-order valence-electron chi connectivity index (χ0n) is 16.7. The monoisotopic (exact) mass is 418 g/mol. The van der Waals surface area contributed by atoms with Crippen LogP contribution < -0.4 is 4.90 Å². The minimum Gasteiger partial charge on any atom is -0.354 e. The highest BCUT2D eigenvalue weighted by Crippen LogP contribution is 2.44. The molecule has 156 valence electrons. The van der Waals surface area contributed by atoms with Crippen molar-refractivity contribution in [2.24, 2.45) is 11.3 Å². The molecule has 1 aromatic rings. The number of nitriles is 1. The number of rotatable bonds is 4. The highest BCUT2D eigenvalue weighted by atomic mass is 35.5. The summed E-state index contributed by atoms with van der Waals surface area (Å²) in [5.41, 5.74) is 0.117. The van der Waals surface area contributed by atoms with E-state index in [1.807, 2.05) is 0 Å². The second kappa shape index (κ2) is 8.47. The average molecular weight is 419 g/mol. The van der Waals surface area contributed by atoms with Gasteiger partial charge in [0.25, 0.3) is 0 Å². The minimum absolute atomic E-state index is 0.280. The van der Waals surface area contributed by atoms with Crippen molar-refractivity contribution in [3.8, 4) is 6.07 Å². The lowest BCUT2D eigenvalue weighted by Gasteiger charge is -2.41. The van der Waals surface area contributed by atoms with E-state index in [1.54, 1.807) is 6.07 Å². The molecule has 3 fully saturated rings. The number of piperidine rings is 1. The Morgan fingerprint density at radius 3 is 2.76 bits per heavy atom. The van der Waals surface area contributed by atoms with Crippen molar-refractivity contribution >= 4 is 23.3 Å². The van der Waals surface area contributed by atoms with Crippen LogP contribution in [0.25, 0.3) is 0 Å². The summed E-state index contributed by atoms with van der Waals surface area (Å²) in [5, 5.41) is 9.37. The summed E-state index contributed by atoms with van der Waals surface area (Å²) in [7, 11) is 0. The van der Waals surface area contributed by atoms with Gasteiger partial charge in [-0.1, -0.05) is 11.6 Å². The number of carbonyl (C=O) groups excluding carboxylic acids is 1. The van der Waals surface area contributed by atoms with Crippen molar-refractivity contribution in [3.63, 3.8) is 0 Å². The zero-order valence-corrected chi connectivity index (χ0v) is 17.5. The van der Waals surface area contributed by atoms with E-state index in [-0.39, 0.29) is 11.3 Å². The fraction of sp³-hybridized carbons (Fsp3) is 0.682. The summed E-state index contributed by atoms with van der Waals surface area (Å²) >= 11 is 6.37. The number of likely N-dealkylation sites (tertiary alicyclic amines) is 1. The topological polar surface area (TPSA) is 60.2 Å². The number of hydrogen-bond donors (Lipinski definition) is 0. The quantitative estimate of drug-likeness (QED) is 0.722. The van der Waals surface area contributed by atoms with Crippen LogP contribution in [0.1, 0.15) is 56.9 Å². The van der Waals surface area contributed by atoms with Gasteiger partial charge in [0.15, 0.2) is 0 Å². The molecule has 2 aliphatic heterocycles. The van der Waals surface area contributed by atoms with Gasteiger partial charge in [0.05, 0.1) is 16.5 Å². The van der Waals surface area contributed by atoms with Gasteiger partial charge in [0.1, 0.15) is 12.5 Å². The Hall–Kier alpha value is -1.87. The van der Waals surface area contributed by atoms with Crippen LogP contribution in [0, 0.1) is 22.7 Å². The van der Waals surface area contributed by atoms with Gasteiger partial charge in [-0.3, -0.25) is 4.79 Å². The number of hydrogen-bond acceptors (Lipinski definition) is 4. The maximum Gasteiger partial charge on any atom is 0.230 e. The summed E-state index contributed by atoms with van der Waals surface area (Å²) in [6, 6.07) is 4.24. The number of pyridine rings is 1. The molecule has 7 heteroatoms. The molecule has 1 aliphatic carbocycles. The Balaban J connectivity index is 1.45. The Kier molecular flexibility index (Phi) is 5.96. The van der Waals surface area contributed by atoms with E-state index < -0.39 is 6.67 Å². The normalized spacial score (nSPS) is 30.0. The molecule has 1 aromatic heterocycles. The molecule has 3 aliphatic rings. The van der Waals surface area contributed by atoms with Crippen LogP contribution in [0.4, 0.5) is 10.2 Å². The highest BCUT2D eigenvalue weighted by Gasteiger charge is 2.51. The van der Waals surface area contributed by atoms with Crippen LogP contribution in [0.15, 0.2) is 12.3 Å². The van der Waals surface area contributed by atoms with Crippen molar-refractivity contribution < 1.29 is 9.18 Å². The van der Waals surface area contributed by atoms with E-state index in [0.717, 1.165) is 58.0 Å². The Morgan fingerprint density at radius 1 is 1.28 bits per heavy atom. The second-order valence-corrected chi connectivity index (χ2v) is 9.28. The molecule has 0 aromatic carbocycles. The molecule has 5 nitrogen and oxygen atoms in total. The highest BCUT2D eigenvalue weighted by molar-refractivity contribution is 6.33. The number of aromatic nitrogens is 1. The Bertz CT molecular complexity index is 804. The molecular weight excluding hydrogens is 391 g/mol.